The summed E-state index contributed by atoms with van der Waals surface area (Å²) in [5.41, 5.74) is 6.06. The molecule has 4 heteroatoms. The van der Waals surface area contributed by atoms with Crippen molar-refractivity contribution in [1.82, 2.24) is 5.32 Å². The number of hydrogen-bond donors (Lipinski definition) is 2. The lowest BCUT2D eigenvalue weighted by Crippen LogP contribution is -2.20. The molecule has 1 atom stereocenters. The first-order valence-corrected chi connectivity index (χ1v) is 4.68. The summed E-state index contributed by atoms with van der Waals surface area (Å²) in [5, 5.41) is 3.15. The summed E-state index contributed by atoms with van der Waals surface area (Å²) in [6.45, 7) is 1.70. The normalized spacial score (nSPS) is 21.1. The van der Waals surface area contributed by atoms with Crippen molar-refractivity contribution in [1.29, 1.82) is 0 Å². The Bertz CT molecular complexity index is 324. The van der Waals surface area contributed by atoms with Gasteiger partial charge in [-0.25, -0.2) is 4.39 Å². The Kier molecular flexibility index (Phi) is 2.54. The highest BCUT2D eigenvalue weighted by Crippen LogP contribution is 2.22. The first-order valence-electron chi connectivity index (χ1n) is 4.68. The van der Waals surface area contributed by atoms with Crippen molar-refractivity contribution < 1.29 is 9.13 Å². The van der Waals surface area contributed by atoms with Crippen LogP contribution in [0.25, 0.3) is 0 Å². The molecule has 1 aromatic rings. The largest absolute Gasteiger partial charge is 0.486 e. The van der Waals surface area contributed by atoms with Gasteiger partial charge in [0.05, 0.1) is 0 Å². The van der Waals surface area contributed by atoms with Crippen LogP contribution in [0.1, 0.15) is 6.42 Å². The van der Waals surface area contributed by atoms with E-state index in [1.807, 2.05) is 0 Å². The van der Waals surface area contributed by atoms with Gasteiger partial charge < -0.3 is 15.8 Å². The lowest BCUT2D eigenvalue weighted by atomic mass is 10.2. The number of hydrogen-bond acceptors (Lipinski definition) is 3. The van der Waals surface area contributed by atoms with Crippen molar-refractivity contribution in [3.63, 3.8) is 0 Å². The van der Waals surface area contributed by atoms with Crippen molar-refractivity contribution >= 4 is 5.69 Å². The number of benzene rings is 1. The van der Waals surface area contributed by atoms with E-state index in [0.717, 1.165) is 19.5 Å². The van der Waals surface area contributed by atoms with Crippen molar-refractivity contribution in [3.8, 4) is 5.75 Å². The van der Waals surface area contributed by atoms with Crippen LogP contribution in [0, 0.1) is 5.82 Å². The molecule has 0 aromatic heterocycles. The Balaban J connectivity index is 2.10. The van der Waals surface area contributed by atoms with Crippen LogP contribution < -0.4 is 15.8 Å². The summed E-state index contributed by atoms with van der Waals surface area (Å²) in [7, 11) is 0. The monoisotopic (exact) mass is 196 g/mol. The maximum atomic E-state index is 13.2. The Morgan fingerprint density at radius 2 is 2.36 bits per heavy atom. The maximum absolute atomic E-state index is 13.2. The molecule has 0 spiro atoms. The Labute approximate surface area is 82.1 Å². The van der Waals surface area contributed by atoms with E-state index in [-0.39, 0.29) is 17.7 Å². The van der Waals surface area contributed by atoms with E-state index >= 15 is 0 Å². The van der Waals surface area contributed by atoms with Crippen molar-refractivity contribution in [3.05, 3.63) is 24.0 Å². The summed E-state index contributed by atoms with van der Waals surface area (Å²) in [6.07, 6.45) is 0.972. The predicted octanol–water partition coefficient (Wildman–Crippen LogP) is 1.15. The van der Waals surface area contributed by atoms with Crippen molar-refractivity contribution in [2.75, 3.05) is 18.8 Å². The molecular weight excluding hydrogens is 183 g/mol. The van der Waals surface area contributed by atoms with Crippen molar-refractivity contribution in [2.24, 2.45) is 0 Å². The fourth-order valence-electron chi connectivity index (χ4n) is 1.52. The number of rotatable bonds is 2. The van der Waals surface area contributed by atoms with Crippen molar-refractivity contribution in [2.45, 2.75) is 12.5 Å². The summed E-state index contributed by atoms with van der Waals surface area (Å²) < 4.78 is 18.7. The van der Waals surface area contributed by atoms with Gasteiger partial charge in [-0.1, -0.05) is 0 Å². The third kappa shape index (κ3) is 1.96. The standard InChI is InChI=1S/C10H13FN2O/c11-9-2-1-7(12)5-10(9)14-8-3-4-13-6-8/h1-2,5,8,13H,3-4,6,12H2/t8-/m0/s1. The first-order chi connectivity index (χ1) is 6.75. The van der Waals surface area contributed by atoms with Gasteiger partial charge in [0.1, 0.15) is 6.10 Å². The van der Waals surface area contributed by atoms with E-state index in [1.54, 1.807) is 0 Å². The van der Waals surface area contributed by atoms with E-state index in [9.17, 15) is 4.39 Å². The molecule has 1 aromatic carbocycles. The molecule has 1 saturated heterocycles. The highest BCUT2D eigenvalue weighted by molar-refractivity contribution is 5.44. The quantitative estimate of drug-likeness (QED) is 0.697. The minimum atomic E-state index is -0.355. The number of nitrogens with one attached hydrogen (secondary N) is 1. The van der Waals surface area contributed by atoms with Crippen LogP contribution >= 0.6 is 0 Å². The van der Waals surface area contributed by atoms with Gasteiger partial charge in [-0.05, 0) is 25.1 Å². The Morgan fingerprint density at radius 1 is 1.50 bits per heavy atom. The number of halogens is 1. The summed E-state index contributed by atoms with van der Waals surface area (Å²) in [6, 6.07) is 4.37. The van der Waals surface area contributed by atoms with Crippen LogP contribution in [0.4, 0.5) is 10.1 Å². The average molecular weight is 196 g/mol. The zero-order valence-corrected chi connectivity index (χ0v) is 7.79. The lowest BCUT2D eigenvalue weighted by Gasteiger charge is -2.13. The van der Waals surface area contributed by atoms with Crippen LogP contribution in [0.5, 0.6) is 5.75 Å². The second-order valence-corrected chi connectivity index (χ2v) is 3.42. The molecule has 0 radical (unpaired) electrons. The molecule has 76 valence electrons. The Hall–Kier alpha value is -1.29. The molecule has 0 bridgehead atoms. The topological polar surface area (TPSA) is 47.3 Å². The van der Waals surface area contributed by atoms with Crippen LogP contribution in [0.3, 0.4) is 0 Å². The molecule has 1 aliphatic rings. The molecule has 1 aliphatic heterocycles. The van der Waals surface area contributed by atoms with E-state index in [2.05, 4.69) is 5.32 Å². The van der Waals surface area contributed by atoms with Gasteiger partial charge in [0.2, 0.25) is 0 Å². The molecule has 14 heavy (non-hydrogen) atoms. The van der Waals surface area contributed by atoms with Crippen LogP contribution in [-0.4, -0.2) is 19.2 Å². The van der Waals surface area contributed by atoms with Crippen LogP contribution in [0.2, 0.25) is 0 Å². The summed E-state index contributed by atoms with van der Waals surface area (Å²) >= 11 is 0. The van der Waals surface area contributed by atoms with Gasteiger partial charge >= 0.3 is 0 Å². The van der Waals surface area contributed by atoms with Crippen LogP contribution in [0.15, 0.2) is 18.2 Å². The minimum Gasteiger partial charge on any atom is -0.486 e. The first kappa shape index (κ1) is 9.27. The molecule has 3 nitrogen and oxygen atoms in total. The maximum Gasteiger partial charge on any atom is 0.165 e. The van der Waals surface area contributed by atoms with Gasteiger partial charge in [0, 0.05) is 18.3 Å². The van der Waals surface area contributed by atoms with E-state index in [4.69, 9.17) is 10.5 Å². The molecule has 2 rings (SSSR count). The van der Waals surface area contributed by atoms with Gasteiger partial charge in [0.25, 0.3) is 0 Å². The third-order valence-corrected chi connectivity index (χ3v) is 2.26. The molecule has 3 N–H and O–H groups in total. The van der Waals surface area contributed by atoms with Gasteiger partial charge in [-0.15, -0.1) is 0 Å². The Morgan fingerprint density at radius 3 is 3.07 bits per heavy atom. The van der Waals surface area contributed by atoms with Gasteiger partial charge in [-0.2, -0.15) is 0 Å². The molecule has 1 fully saturated rings. The predicted molar refractivity (Wildman–Crippen MR) is 52.7 cm³/mol. The second kappa shape index (κ2) is 3.84. The molecular formula is C10H13FN2O. The molecule has 0 amide bonds. The van der Waals surface area contributed by atoms with E-state index < -0.39 is 0 Å². The average Bonchev–Trinajstić information content (AvgIpc) is 2.64. The fraction of sp³-hybridized carbons (Fsp3) is 0.400. The zero-order valence-electron chi connectivity index (χ0n) is 7.79. The number of anilines is 1. The highest BCUT2D eigenvalue weighted by Gasteiger charge is 2.17. The highest BCUT2D eigenvalue weighted by atomic mass is 19.1. The third-order valence-electron chi connectivity index (χ3n) is 2.26. The lowest BCUT2D eigenvalue weighted by molar-refractivity contribution is 0.213. The minimum absolute atomic E-state index is 0.0614. The summed E-state index contributed by atoms with van der Waals surface area (Å²) in [4.78, 5) is 0. The van der Waals surface area contributed by atoms with E-state index in [1.165, 1.54) is 18.2 Å². The van der Waals surface area contributed by atoms with E-state index in [0.29, 0.717) is 5.69 Å². The molecule has 0 saturated carbocycles. The number of ether oxygens (including phenoxy) is 1. The number of nitrogen functional groups attached to an aromatic ring is 1. The summed E-state index contributed by atoms with van der Waals surface area (Å²) in [5.74, 6) is -0.107. The van der Waals surface area contributed by atoms with Gasteiger partial charge in [0.15, 0.2) is 11.6 Å². The van der Waals surface area contributed by atoms with Gasteiger partial charge in [-0.3, -0.25) is 0 Å². The zero-order chi connectivity index (χ0) is 9.97. The molecule has 0 unspecified atom stereocenters. The fourth-order valence-corrected chi connectivity index (χ4v) is 1.52. The number of nitrogens with two attached hydrogens (primary N) is 1. The smallest absolute Gasteiger partial charge is 0.165 e. The molecule has 0 aliphatic carbocycles. The molecule has 1 heterocycles. The van der Waals surface area contributed by atoms with Crippen LogP contribution in [-0.2, 0) is 0 Å². The second-order valence-electron chi connectivity index (χ2n) is 3.42. The SMILES string of the molecule is Nc1ccc(F)c(O[C@H]2CCNC2)c1.